The predicted molar refractivity (Wildman–Crippen MR) is 132 cm³/mol. The maximum atomic E-state index is 13.0. The molecule has 1 fully saturated rings. The molecule has 0 aliphatic carbocycles. The Kier molecular flexibility index (Phi) is 5.99. The number of aryl methyl sites for hydroxylation is 2. The van der Waals surface area contributed by atoms with Crippen LogP contribution in [-0.4, -0.2) is 47.0 Å². The normalized spacial score (nSPS) is 17.8. The molecule has 170 valence electrons. The van der Waals surface area contributed by atoms with Crippen molar-refractivity contribution < 1.29 is 4.79 Å². The van der Waals surface area contributed by atoms with Gasteiger partial charge in [-0.3, -0.25) is 9.78 Å². The second-order valence-electron chi connectivity index (χ2n) is 9.19. The monoisotopic (exact) mass is 441 g/mol. The van der Waals surface area contributed by atoms with Crippen molar-refractivity contribution in [3.05, 3.63) is 71.7 Å². The van der Waals surface area contributed by atoms with Gasteiger partial charge in [0.1, 0.15) is 5.82 Å². The molecule has 0 bridgehead atoms. The lowest BCUT2D eigenvalue weighted by atomic mass is 9.99. The third-order valence-corrected chi connectivity index (χ3v) is 6.85. The summed E-state index contributed by atoms with van der Waals surface area (Å²) in [6.07, 6.45) is 5.60. The summed E-state index contributed by atoms with van der Waals surface area (Å²) in [6.45, 7) is 5.38. The van der Waals surface area contributed by atoms with Gasteiger partial charge in [-0.05, 0) is 67.6 Å². The molecule has 33 heavy (non-hydrogen) atoms. The van der Waals surface area contributed by atoms with Crippen LogP contribution in [0.4, 0.5) is 11.5 Å². The summed E-state index contributed by atoms with van der Waals surface area (Å²) in [7, 11) is 0. The number of carbonyl (C=O) groups excluding carboxylic acids is 1. The van der Waals surface area contributed by atoms with Gasteiger partial charge in [0.25, 0.3) is 0 Å². The van der Waals surface area contributed by atoms with Gasteiger partial charge >= 0.3 is 0 Å². The fourth-order valence-corrected chi connectivity index (χ4v) is 5.11. The van der Waals surface area contributed by atoms with E-state index in [0.717, 1.165) is 68.0 Å². The van der Waals surface area contributed by atoms with E-state index >= 15 is 0 Å². The maximum Gasteiger partial charge on any atom is 0.224 e. The molecule has 1 amide bonds. The minimum absolute atomic E-state index is 0.246. The van der Waals surface area contributed by atoms with Crippen LogP contribution in [0.3, 0.4) is 0 Å². The second kappa shape index (κ2) is 9.22. The Labute approximate surface area is 195 Å². The third-order valence-electron chi connectivity index (χ3n) is 6.85. The van der Waals surface area contributed by atoms with Crippen molar-refractivity contribution >= 4 is 17.4 Å². The molecule has 2 N–H and O–H groups in total. The Morgan fingerprint density at radius 1 is 1.12 bits per heavy atom. The molecule has 5 rings (SSSR count). The highest BCUT2D eigenvalue weighted by atomic mass is 16.2. The van der Waals surface area contributed by atoms with Crippen LogP contribution in [-0.2, 0) is 11.2 Å². The number of nitrogen functional groups attached to an aromatic ring is 1. The van der Waals surface area contributed by atoms with Gasteiger partial charge in [0, 0.05) is 67.4 Å². The first kappa shape index (κ1) is 21.4. The molecule has 2 aliphatic heterocycles. The van der Waals surface area contributed by atoms with Gasteiger partial charge in [-0.15, -0.1) is 0 Å². The zero-order valence-corrected chi connectivity index (χ0v) is 19.2. The molecule has 0 radical (unpaired) electrons. The molecule has 4 heterocycles. The molecule has 3 aromatic rings. The van der Waals surface area contributed by atoms with E-state index in [1.165, 1.54) is 11.3 Å². The van der Waals surface area contributed by atoms with Crippen LogP contribution in [0.5, 0.6) is 0 Å². The van der Waals surface area contributed by atoms with E-state index in [-0.39, 0.29) is 11.8 Å². The fourth-order valence-electron chi connectivity index (χ4n) is 5.11. The molecule has 1 atom stereocenters. The van der Waals surface area contributed by atoms with Gasteiger partial charge in [0.2, 0.25) is 5.91 Å². The third kappa shape index (κ3) is 4.70. The van der Waals surface area contributed by atoms with Gasteiger partial charge in [-0.25, -0.2) is 4.98 Å². The van der Waals surface area contributed by atoms with Gasteiger partial charge < -0.3 is 15.5 Å². The van der Waals surface area contributed by atoms with Crippen molar-refractivity contribution in [2.45, 2.75) is 38.5 Å². The Balaban J connectivity index is 1.23. The van der Waals surface area contributed by atoms with E-state index in [2.05, 4.69) is 46.3 Å². The highest BCUT2D eigenvalue weighted by Gasteiger charge is 2.29. The van der Waals surface area contributed by atoms with Crippen LogP contribution >= 0.6 is 0 Å². The standard InChI is InChI=1S/C27H31N5O/c1-19-15-23(21-8-9-26(28)29-17-21)16-24(30-19)22-10-13-32(18-22)27(33)11-14-31-12-4-6-20-5-2-3-7-25(20)31/h2-3,5,7-9,15-17,22H,4,6,10-14,18H2,1H3,(H2,28,29). The highest BCUT2D eigenvalue weighted by Crippen LogP contribution is 2.31. The van der Waals surface area contributed by atoms with E-state index < -0.39 is 0 Å². The van der Waals surface area contributed by atoms with Crippen molar-refractivity contribution in [1.29, 1.82) is 0 Å². The minimum Gasteiger partial charge on any atom is -0.384 e. The van der Waals surface area contributed by atoms with Gasteiger partial charge in [-0.1, -0.05) is 18.2 Å². The van der Waals surface area contributed by atoms with Crippen LogP contribution in [0.2, 0.25) is 0 Å². The number of carbonyl (C=O) groups is 1. The lowest BCUT2D eigenvalue weighted by molar-refractivity contribution is -0.129. The van der Waals surface area contributed by atoms with Crippen LogP contribution in [0.1, 0.15) is 42.1 Å². The van der Waals surface area contributed by atoms with Crippen LogP contribution in [0, 0.1) is 6.92 Å². The number of amides is 1. The Hall–Kier alpha value is -3.41. The summed E-state index contributed by atoms with van der Waals surface area (Å²) in [4.78, 5) is 26.4. The minimum atomic E-state index is 0.246. The number of hydrogen-bond acceptors (Lipinski definition) is 5. The molecule has 2 aliphatic rings. The van der Waals surface area contributed by atoms with Crippen molar-refractivity contribution in [3.63, 3.8) is 0 Å². The fraction of sp³-hybridized carbons (Fsp3) is 0.370. The lowest BCUT2D eigenvalue weighted by Crippen LogP contribution is -2.35. The first-order valence-corrected chi connectivity index (χ1v) is 11.9. The maximum absolute atomic E-state index is 13.0. The Morgan fingerprint density at radius 2 is 2.00 bits per heavy atom. The number of nitrogens with zero attached hydrogens (tertiary/aromatic N) is 4. The average molecular weight is 442 g/mol. The molecule has 1 aromatic carbocycles. The van der Waals surface area contributed by atoms with E-state index in [9.17, 15) is 4.79 Å². The van der Waals surface area contributed by atoms with Gasteiger partial charge in [0.05, 0.1) is 0 Å². The summed E-state index contributed by atoms with van der Waals surface area (Å²) in [5.41, 5.74) is 12.6. The quantitative estimate of drug-likeness (QED) is 0.642. The summed E-state index contributed by atoms with van der Waals surface area (Å²) < 4.78 is 0. The molecule has 0 saturated carbocycles. The van der Waals surface area contributed by atoms with E-state index in [0.29, 0.717) is 12.2 Å². The van der Waals surface area contributed by atoms with Crippen LogP contribution in [0.25, 0.3) is 11.1 Å². The number of hydrogen-bond donors (Lipinski definition) is 1. The SMILES string of the molecule is Cc1cc(-c2ccc(N)nc2)cc(C2CCN(C(=O)CCN3CCCc4ccccc43)C2)n1. The number of pyridine rings is 2. The first-order chi connectivity index (χ1) is 16.1. The molecule has 1 saturated heterocycles. The first-order valence-electron chi connectivity index (χ1n) is 11.9. The van der Waals surface area contributed by atoms with E-state index in [4.69, 9.17) is 10.7 Å². The zero-order chi connectivity index (χ0) is 22.8. The van der Waals surface area contributed by atoms with Crippen molar-refractivity contribution in [2.24, 2.45) is 0 Å². The second-order valence-corrected chi connectivity index (χ2v) is 9.19. The van der Waals surface area contributed by atoms with Crippen LogP contribution in [0.15, 0.2) is 54.7 Å². The van der Waals surface area contributed by atoms with Gasteiger partial charge in [0.15, 0.2) is 0 Å². The smallest absolute Gasteiger partial charge is 0.224 e. The lowest BCUT2D eigenvalue weighted by Gasteiger charge is -2.31. The number of para-hydroxylation sites is 1. The summed E-state index contributed by atoms with van der Waals surface area (Å²) >= 11 is 0. The highest BCUT2D eigenvalue weighted by molar-refractivity contribution is 5.77. The number of likely N-dealkylation sites (tertiary alicyclic amines) is 1. The van der Waals surface area contributed by atoms with Gasteiger partial charge in [-0.2, -0.15) is 0 Å². The number of fused-ring (bicyclic) bond motifs is 1. The predicted octanol–water partition coefficient (Wildman–Crippen LogP) is 4.19. The number of aromatic nitrogens is 2. The van der Waals surface area contributed by atoms with Crippen LogP contribution < -0.4 is 10.6 Å². The summed E-state index contributed by atoms with van der Waals surface area (Å²) in [5, 5.41) is 0. The summed E-state index contributed by atoms with van der Waals surface area (Å²) in [5.74, 6) is 1.03. The number of benzene rings is 1. The van der Waals surface area contributed by atoms with E-state index in [1.807, 2.05) is 24.0 Å². The number of nitrogens with two attached hydrogens (primary N) is 1. The van der Waals surface area contributed by atoms with Crippen molar-refractivity contribution in [1.82, 2.24) is 14.9 Å². The molecular weight excluding hydrogens is 410 g/mol. The van der Waals surface area contributed by atoms with E-state index in [1.54, 1.807) is 6.20 Å². The number of anilines is 2. The largest absolute Gasteiger partial charge is 0.384 e. The molecular formula is C27H31N5O. The Bertz CT molecular complexity index is 1140. The van der Waals surface area contributed by atoms with Crippen molar-refractivity contribution in [3.8, 4) is 11.1 Å². The summed E-state index contributed by atoms with van der Waals surface area (Å²) in [6, 6.07) is 16.6. The molecule has 1 unspecified atom stereocenters. The average Bonchev–Trinajstić information content (AvgIpc) is 3.33. The molecule has 6 nitrogen and oxygen atoms in total. The number of rotatable bonds is 5. The molecule has 2 aromatic heterocycles. The molecule has 0 spiro atoms. The zero-order valence-electron chi connectivity index (χ0n) is 19.2. The molecule has 6 heteroatoms. The Morgan fingerprint density at radius 3 is 2.85 bits per heavy atom. The van der Waals surface area contributed by atoms with Crippen molar-refractivity contribution in [2.75, 3.05) is 36.8 Å². The topological polar surface area (TPSA) is 75.3 Å².